The number of cyclic esters (lactones) is 1. The van der Waals surface area contributed by atoms with E-state index in [4.69, 9.17) is 11.3 Å². The first-order valence-electron chi connectivity index (χ1n) is 10.1. The number of carbonyl (C=O) groups is 2. The number of hydrogen-bond acceptors (Lipinski definition) is 5. The fourth-order valence-electron chi connectivity index (χ4n) is 3.54. The van der Waals surface area contributed by atoms with Crippen LogP contribution in [0.2, 0.25) is 0 Å². The summed E-state index contributed by atoms with van der Waals surface area (Å²) < 4.78 is 20.2. The van der Waals surface area contributed by atoms with E-state index in [1.54, 1.807) is 12.1 Å². The highest BCUT2D eigenvalue weighted by molar-refractivity contribution is 7.13. The summed E-state index contributed by atoms with van der Waals surface area (Å²) in [5.74, 6) is -0.400. The van der Waals surface area contributed by atoms with Crippen molar-refractivity contribution in [3.8, 4) is 21.7 Å². The lowest BCUT2D eigenvalue weighted by molar-refractivity contribution is -0.117. The van der Waals surface area contributed by atoms with Crippen molar-refractivity contribution in [3.63, 3.8) is 0 Å². The van der Waals surface area contributed by atoms with Crippen molar-refractivity contribution in [2.75, 3.05) is 11.4 Å². The van der Waals surface area contributed by atoms with E-state index in [-0.39, 0.29) is 18.4 Å². The molecule has 1 amide bonds. The maximum atomic E-state index is 14.9. The van der Waals surface area contributed by atoms with Crippen LogP contribution in [0.5, 0.6) is 0 Å². The Hall–Kier alpha value is -3.57. The van der Waals surface area contributed by atoms with Crippen LogP contribution in [0, 0.1) is 12.4 Å². The number of amides is 1. The molecule has 1 saturated heterocycles. The zero-order valence-corrected chi connectivity index (χ0v) is 18.2. The molecular weight excluding hydrogens is 429 g/mol. The Morgan fingerprint density at radius 1 is 1.28 bits per heavy atom. The lowest BCUT2D eigenvalue weighted by Gasteiger charge is -2.14. The molecular formula is C24H20FN3O3S. The van der Waals surface area contributed by atoms with Crippen molar-refractivity contribution in [1.29, 1.82) is 0 Å². The van der Waals surface area contributed by atoms with Gasteiger partial charge in [-0.15, -0.1) is 11.3 Å². The van der Waals surface area contributed by atoms with Gasteiger partial charge < -0.3 is 14.4 Å². The number of hydrogen-bond donors (Lipinski definition) is 0. The second-order valence-electron chi connectivity index (χ2n) is 7.56. The van der Waals surface area contributed by atoms with Crippen LogP contribution >= 0.6 is 11.3 Å². The van der Waals surface area contributed by atoms with Gasteiger partial charge in [-0.05, 0) is 37.1 Å². The molecule has 1 aromatic heterocycles. The molecule has 0 spiro atoms. The number of anilines is 1. The predicted octanol–water partition coefficient (Wildman–Crippen LogP) is 5.73. The molecule has 1 fully saturated rings. The fraction of sp³-hybridized carbons (Fsp3) is 0.250. The number of aromatic nitrogens is 1. The number of nitrogens with zero attached hydrogens (tertiary/aromatic N) is 3. The third-order valence-corrected chi connectivity index (χ3v) is 6.13. The first-order valence-corrected chi connectivity index (χ1v) is 11.0. The van der Waals surface area contributed by atoms with Crippen molar-refractivity contribution < 1.29 is 18.7 Å². The summed E-state index contributed by atoms with van der Waals surface area (Å²) in [4.78, 5) is 32.5. The molecule has 1 aliphatic heterocycles. The van der Waals surface area contributed by atoms with Crippen LogP contribution in [0.25, 0.3) is 26.5 Å². The van der Waals surface area contributed by atoms with Crippen LogP contribution in [0.15, 0.2) is 47.8 Å². The Kier molecular flexibility index (Phi) is 6.28. The smallest absolute Gasteiger partial charge is 0.414 e. The Morgan fingerprint density at radius 2 is 2.03 bits per heavy atom. The Morgan fingerprint density at radius 3 is 2.72 bits per heavy atom. The Balaban J connectivity index is 1.49. The maximum Gasteiger partial charge on any atom is 0.414 e. The summed E-state index contributed by atoms with van der Waals surface area (Å²) in [6, 6.07) is 12.1. The number of thiazole rings is 1. The molecule has 0 aliphatic carbocycles. The van der Waals surface area contributed by atoms with E-state index in [1.165, 1.54) is 29.2 Å². The molecule has 162 valence electrons. The lowest BCUT2D eigenvalue weighted by atomic mass is 10.0. The van der Waals surface area contributed by atoms with Crippen molar-refractivity contribution >= 4 is 28.9 Å². The highest BCUT2D eigenvalue weighted by Crippen LogP contribution is 2.32. The number of halogens is 1. The molecule has 0 bridgehead atoms. The molecule has 1 aliphatic rings. The van der Waals surface area contributed by atoms with Gasteiger partial charge in [-0.25, -0.2) is 20.7 Å². The molecule has 2 aromatic carbocycles. The van der Waals surface area contributed by atoms with Gasteiger partial charge in [0.05, 0.1) is 12.2 Å². The van der Waals surface area contributed by atoms with E-state index in [0.717, 1.165) is 16.3 Å². The molecule has 3 aromatic rings. The van der Waals surface area contributed by atoms with Gasteiger partial charge in [0, 0.05) is 22.9 Å². The number of Topliss-reactive ketones (excluding diaryl/α,β-unsaturated/α-hetero) is 1. The van der Waals surface area contributed by atoms with Gasteiger partial charge in [0.2, 0.25) is 0 Å². The highest BCUT2D eigenvalue weighted by atomic mass is 32.1. The third-order valence-electron chi connectivity index (χ3n) is 5.19. The second kappa shape index (κ2) is 9.28. The van der Waals surface area contributed by atoms with Crippen molar-refractivity contribution in [3.05, 3.63) is 70.8 Å². The average molecular weight is 450 g/mol. The molecule has 32 heavy (non-hydrogen) atoms. The SMILES string of the molecule is [C-]#[N+]Cc1csc(-c2ccc(-c3ccc(N4C[C@H](CCC(C)=O)OC4=O)cc3F)cc2)n1. The lowest BCUT2D eigenvalue weighted by Crippen LogP contribution is -2.24. The van der Waals surface area contributed by atoms with Gasteiger partial charge >= 0.3 is 6.09 Å². The first kappa shape index (κ1) is 21.7. The van der Waals surface area contributed by atoms with Crippen LogP contribution in [-0.4, -0.2) is 29.5 Å². The Bertz CT molecular complexity index is 1200. The van der Waals surface area contributed by atoms with E-state index in [9.17, 15) is 14.0 Å². The molecule has 1 atom stereocenters. The van der Waals surface area contributed by atoms with Crippen LogP contribution < -0.4 is 4.90 Å². The molecule has 0 radical (unpaired) electrons. The fourth-order valence-corrected chi connectivity index (χ4v) is 4.36. The van der Waals surface area contributed by atoms with E-state index in [2.05, 4.69) is 9.83 Å². The number of rotatable bonds is 7. The van der Waals surface area contributed by atoms with Crippen LogP contribution in [0.4, 0.5) is 14.9 Å². The number of ketones is 1. The number of benzene rings is 2. The predicted molar refractivity (Wildman–Crippen MR) is 121 cm³/mol. The van der Waals surface area contributed by atoms with Crippen LogP contribution in [-0.2, 0) is 16.1 Å². The normalized spacial score (nSPS) is 15.5. The summed E-state index contributed by atoms with van der Waals surface area (Å²) in [5.41, 5.74) is 3.21. The highest BCUT2D eigenvalue weighted by Gasteiger charge is 2.32. The molecule has 6 nitrogen and oxygen atoms in total. The van der Waals surface area contributed by atoms with Crippen molar-refractivity contribution in [2.24, 2.45) is 0 Å². The summed E-state index contributed by atoms with van der Waals surface area (Å²) in [6.45, 7) is 8.99. The van der Waals surface area contributed by atoms with Gasteiger partial charge in [0.15, 0.2) is 0 Å². The number of ether oxygens (including phenoxy) is 1. The van der Waals surface area contributed by atoms with E-state index in [1.807, 2.05) is 29.6 Å². The standard InChI is InChI=1S/C24H20FN3O3S/c1-15(29)3-9-20-13-28(24(30)31-20)19-8-10-21(22(25)11-19)16-4-6-17(7-5-16)23-27-18(12-26-2)14-32-23/h4-8,10-11,14,20H,3,9,12-13H2,1H3/t20-/m0/s1. The zero-order valence-electron chi connectivity index (χ0n) is 17.4. The van der Waals surface area contributed by atoms with Crippen LogP contribution in [0.1, 0.15) is 25.5 Å². The Labute approximate surface area is 189 Å². The molecule has 0 unspecified atom stereocenters. The zero-order chi connectivity index (χ0) is 22.7. The first-order chi connectivity index (χ1) is 15.4. The quantitative estimate of drug-likeness (QED) is 0.432. The summed E-state index contributed by atoms with van der Waals surface area (Å²) in [5, 5.41) is 2.69. The third kappa shape index (κ3) is 4.68. The minimum absolute atomic E-state index is 0.0413. The minimum atomic E-state index is -0.531. The summed E-state index contributed by atoms with van der Waals surface area (Å²) in [6.07, 6.45) is -0.0983. The van der Waals surface area contributed by atoms with E-state index in [0.29, 0.717) is 36.2 Å². The molecule has 0 N–H and O–H groups in total. The van der Waals surface area contributed by atoms with Gasteiger partial charge in [0.1, 0.15) is 28.4 Å². The molecule has 0 saturated carbocycles. The van der Waals surface area contributed by atoms with Crippen molar-refractivity contribution in [1.82, 2.24) is 4.98 Å². The summed E-state index contributed by atoms with van der Waals surface area (Å²) >= 11 is 1.47. The van der Waals surface area contributed by atoms with Gasteiger partial charge in [0.25, 0.3) is 6.54 Å². The largest absolute Gasteiger partial charge is 0.444 e. The van der Waals surface area contributed by atoms with Gasteiger partial charge in [-0.2, -0.15) is 0 Å². The topological polar surface area (TPSA) is 63.9 Å². The van der Waals surface area contributed by atoms with Crippen LogP contribution in [0.3, 0.4) is 0 Å². The second-order valence-corrected chi connectivity index (χ2v) is 8.42. The van der Waals surface area contributed by atoms with E-state index >= 15 is 0 Å². The van der Waals surface area contributed by atoms with Gasteiger partial charge in [-0.3, -0.25) is 4.90 Å². The molecule has 2 heterocycles. The molecule has 8 heteroatoms. The summed E-state index contributed by atoms with van der Waals surface area (Å²) in [7, 11) is 0. The minimum Gasteiger partial charge on any atom is -0.444 e. The maximum absolute atomic E-state index is 14.9. The van der Waals surface area contributed by atoms with Crippen molar-refractivity contribution in [2.45, 2.75) is 32.4 Å². The molecule has 4 rings (SSSR count). The average Bonchev–Trinajstić information content (AvgIpc) is 3.39. The van der Waals surface area contributed by atoms with Gasteiger partial charge in [-0.1, -0.05) is 24.3 Å². The van der Waals surface area contributed by atoms with E-state index < -0.39 is 11.9 Å². The number of carbonyl (C=O) groups excluding carboxylic acids is 2. The monoisotopic (exact) mass is 449 g/mol.